The number of hydrogen-bond donors (Lipinski definition) is 2. The third kappa shape index (κ3) is 2.72. The Morgan fingerprint density at radius 1 is 1.64 bits per heavy atom. The van der Waals surface area contributed by atoms with Crippen molar-refractivity contribution in [3.63, 3.8) is 0 Å². The summed E-state index contributed by atoms with van der Waals surface area (Å²) in [6, 6.07) is 0.134. The first kappa shape index (κ1) is 11.0. The fraction of sp³-hybridized carbons (Fsp3) is 0.800. The van der Waals surface area contributed by atoms with Crippen LogP contribution in [0.15, 0.2) is 0 Å². The molecule has 1 saturated heterocycles. The Morgan fingerprint density at radius 2 is 2.29 bits per heavy atom. The molecule has 1 heterocycles. The van der Waals surface area contributed by atoms with Crippen LogP contribution in [-0.2, 0) is 9.59 Å². The van der Waals surface area contributed by atoms with E-state index in [9.17, 15) is 9.59 Å². The van der Waals surface area contributed by atoms with Gasteiger partial charge in [0.1, 0.15) is 0 Å². The van der Waals surface area contributed by atoms with Crippen molar-refractivity contribution in [3.05, 3.63) is 0 Å². The van der Waals surface area contributed by atoms with Gasteiger partial charge < -0.3 is 11.1 Å². The van der Waals surface area contributed by atoms with E-state index in [4.69, 9.17) is 5.73 Å². The summed E-state index contributed by atoms with van der Waals surface area (Å²) in [4.78, 5) is 21.8. The highest BCUT2D eigenvalue weighted by Crippen LogP contribution is 2.27. The second-order valence-corrected chi connectivity index (χ2v) is 4.29. The number of carbonyl (C=O) groups excluding carboxylic acids is 2. The van der Waals surface area contributed by atoms with Crippen LogP contribution < -0.4 is 11.1 Å². The highest BCUT2D eigenvalue weighted by Gasteiger charge is 2.33. The highest BCUT2D eigenvalue weighted by molar-refractivity contribution is 5.79. The molecule has 0 aromatic carbocycles. The Bertz CT molecular complexity index is 238. The molecule has 0 bridgehead atoms. The zero-order valence-electron chi connectivity index (χ0n) is 8.75. The zero-order valence-corrected chi connectivity index (χ0v) is 8.75. The zero-order chi connectivity index (χ0) is 10.7. The van der Waals surface area contributed by atoms with Gasteiger partial charge in [-0.15, -0.1) is 0 Å². The maximum Gasteiger partial charge on any atom is 0.220 e. The highest BCUT2D eigenvalue weighted by atomic mass is 16.2. The van der Waals surface area contributed by atoms with Crippen molar-refractivity contribution >= 4 is 11.8 Å². The van der Waals surface area contributed by atoms with Crippen molar-refractivity contribution in [1.82, 2.24) is 5.32 Å². The molecule has 1 aliphatic rings. The standard InChI is InChI=1S/C10H18N2O2/c1-6(2)7-5-10(14)12-8(7)3-4-9(11)13/h6-8H,3-5H2,1-2H3,(H2,11,13)(H,12,14). The molecule has 1 aliphatic heterocycles. The fourth-order valence-corrected chi connectivity index (χ4v) is 2.01. The monoisotopic (exact) mass is 198 g/mol. The number of primary amides is 1. The summed E-state index contributed by atoms with van der Waals surface area (Å²) in [7, 11) is 0. The van der Waals surface area contributed by atoms with E-state index < -0.39 is 0 Å². The predicted octanol–water partition coefficient (Wildman–Crippen LogP) is 0.413. The summed E-state index contributed by atoms with van der Waals surface area (Å²) < 4.78 is 0. The molecule has 0 radical (unpaired) electrons. The van der Waals surface area contributed by atoms with Crippen LogP contribution in [0.3, 0.4) is 0 Å². The van der Waals surface area contributed by atoms with E-state index in [1.54, 1.807) is 0 Å². The van der Waals surface area contributed by atoms with Crippen LogP contribution in [0.4, 0.5) is 0 Å². The van der Waals surface area contributed by atoms with Crippen molar-refractivity contribution in [2.45, 2.75) is 39.2 Å². The Labute approximate surface area is 84.2 Å². The largest absolute Gasteiger partial charge is 0.370 e. The van der Waals surface area contributed by atoms with E-state index in [2.05, 4.69) is 19.2 Å². The minimum atomic E-state index is -0.298. The average Bonchev–Trinajstić information content (AvgIpc) is 2.43. The first-order valence-corrected chi connectivity index (χ1v) is 5.08. The summed E-state index contributed by atoms with van der Waals surface area (Å²) >= 11 is 0. The lowest BCUT2D eigenvalue weighted by molar-refractivity contribution is -0.120. The molecule has 2 atom stereocenters. The van der Waals surface area contributed by atoms with Crippen LogP contribution in [0.25, 0.3) is 0 Å². The summed E-state index contributed by atoms with van der Waals surface area (Å²) in [6.07, 6.45) is 1.61. The third-order valence-corrected chi connectivity index (χ3v) is 2.84. The molecule has 0 aromatic rings. The number of hydrogen-bond acceptors (Lipinski definition) is 2. The van der Waals surface area contributed by atoms with Crippen molar-refractivity contribution in [3.8, 4) is 0 Å². The Hall–Kier alpha value is -1.06. The van der Waals surface area contributed by atoms with Gasteiger partial charge in [0.05, 0.1) is 0 Å². The summed E-state index contributed by atoms with van der Waals surface area (Å²) in [5, 5.41) is 2.89. The topological polar surface area (TPSA) is 72.2 Å². The van der Waals surface area contributed by atoms with Crippen LogP contribution in [0, 0.1) is 11.8 Å². The maximum absolute atomic E-state index is 11.2. The second kappa shape index (κ2) is 4.44. The maximum atomic E-state index is 11.2. The molecule has 3 N–H and O–H groups in total. The summed E-state index contributed by atoms with van der Waals surface area (Å²) in [5.41, 5.74) is 5.08. The molecule has 1 rings (SSSR count). The Morgan fingerprint density at radius 3 is 2.79 bits per heavy atom. The lowest BCUT2D eigenvalue weighted by Gasteiger charge is -2.21. The van der Waals surface area contributed by atoms with Gasteiger partial charge in [0.15, 0.2) is 0 Å². The first-order chi connectivity index (χ1) is 6.50. The summed E-state index contributed by atoms with van der Waals surface area (Å²) in [6.45, 7) is 4.20. The first-order valence-electron chi connectivity index (χ1n) is 5.08. The second-order valence-electron chi connectivity index (χ2n) is 4.29. The van der Waals surface area contributed by atoms with Crippen molar-refractivity contribution < 1.29 is 9.59 Å². The molecule has 2 unspecified atom stereocenters. The van der Waals surface area contributed by atoms with Gasteiger partial charge in [-0.1, -0.05) is 13.8 Å². The third-order valence-electron chi connectivity index (χ3n) is 2.84. The SMILES string of the molecule is CC(C)C1CC(=O)NC1CCC(N)=O. The minimum absolute atomic E-state index is 0.0955. The molecule has 80 valence electrons. The molecule has 2 amide bonds. The molecular weight excluding hydrogens is 180 g/mol. The molecule has 0 saturated carbocycles. The smallest absolute Gasteiger partial charge is 0.220 e. The minimum Gasteiger partial charge on any atom is -0.370 e. The molecule has 1 fully saturated rings. The van der Waals surface area contributed by atoms with Crippen LogP contribution in [0.1, 0.15) is 33.1 Å². The Kier molecular flexibility index (Phi) is 3.49. The summed E-state index contributed by atoms with van der Waals surface area (Å²) in [5.74, 6) is 0.612. The van der Waals surface area contributed by atoms with Crippen molar-refractivity contribution in [2.75, 3.05) is 0 Å². The van der Waals surface area contributed by atoms with E-state index in [1.807, 2.05) is 0 Å². The normalized spacial score (nSPS) is 26.6. The number of rotatable bonds is 4. The lowest BCUT2D eigenvalue weighted by atomic mass is 9.87. The van der Waals surface area contributed by atoms with Crippen LogP contribution in [0.5, 0.6) is 0 Å². The molecular formula is C10H18N2O2. The molecule has 14 heavy (non-hydrogen) atoms. The van der Waals surface area contributed by atoms with Crippen molar-refractivity contribution in [1.29, 1.82) is 0 Å². The lowest BCUT2D eigenvalue weighted by Crippen LogP contribution is -2.32. The number of nitrogens with two attached hydrogens (primary N) is 1. The van der Waals surface area contributed by atoms with Gasteiger partial charge in [-0.25, -0.2) is 0 Å². The molecule has 0 aliphatic carbocycles. The van der Waals surface area contributed by atoms with E-state index in [-0.39, 0.29) is 17.9 Å². The van der Waals surface area contributed by atoms with E-state index >= 15 is 0 Å². The van der Waals surface area contributed by atoms with E-state index in [0.717, 1.165) is 0 Å². The van der Waals surface area contributed by atoms with Crippen molar-refractivity contribution in [2.24, 2.45) is 17.6 Å². The van der Waals surface area contributed by atoms with Gasteiger partial charge >= 0.3 is 0 Å². The molecule has 0 aromatic heterocycles. The van der Waals surface area contributed by atoms with E-state index in [1.165, 1.54) is 0 Å². The van der Waals surface area contributed by atoms with Crippen LogP contribution in [0.2, 0.25) is 0 Å². The predicted molar refractivity (Wildman–Crippen MR) is 53.3 cm³/mol. The van der Waals surface area contributed by atoms with Gasteiger partial charge in [-0.3, -0.25) is 9.59 Å². The quantitative estimate of drug-likeness (QED) is 0.687. The van der Waals surface area contributed by atoms with Gasteiger partial charge in [0.25, 0.3) is 0 Å². The Balaban J connectivity index is 2.49. The number of nitrogens with one attached hydrogen (secondary N) is 1. The molecule has 0 spiro atoms. The molecule has 4 heteroatoms. The van der Waals surface area contributed by atoms with Crippen LogP contribution in [-0.4, -0.2) is 17.9 Å². The average molecular weight is 198 g/mol. The molecule has 4 nitrogen and oxygen atoms in total. The van der Waals surface area contributed by atoms with Gasteiger partial charge in [-0.2, -0.15) is 0 Å². The van der Waals surface area contributed by atoms with Crippen LogP contribution >= 0.6 is 0 Å². The van der Waals surface area contributed by atoms with Gasteiger partial charge in [0.2, 0.25) is 11.8 Å². The number of amides is 2. The van der Waals surface area contributed by atoms with Gasteiger partial charge in [-0.05, 0) is 18.3 Å². The fourth-order valence-electron chi connectivity index (χ4n) is 2.01. The number of carbonyl (C=O) groups is 2. The van der Waals surface area contributed by atoms with E-state index in [0.29, 0.717) is 31.1 Å². The van der Waals surface area contributed by atoms with Gasteiger partial charge in [0, 0.05) is 18.9 Å².